The van der Waals surface area contributed by atoms with Crippen molar-refractivity contribution in [3.05, 3.63) is 83.2 Å². The molecule has 0 aliphatic heterocycles. The minimum atomic E-state index is -0.160. The fourth-order valence-electron chi connectivity index (χ4n) is 4.45. The van der Waals surface area contributed by atoms with Gasteiger partial charge in [0.25, 0.3) is 5.91 Å². The number of hydrogen-bond acceptors (Lipinski definition) is 5. The van der Waals surface area contributed by atoms with Crippen LogP contribution in [0.3, 0.4) is 0 Å². The second-order valence-corrected chi connectivity index (χ2v) is 9.07. The van der Waals surface area contributed by atoms with Crippen LogP contribution in [0.4, 0.5) is 0 Å². The molecule has 0 unspecified atom stereocenters. The van der Waals surface area contributed by atoms with Crippen molar-refractivity contribution in [3.8, 4) is 17.2 Å². The van der Waals surface area contributed by atoms with E-state index in [1.807, 2.05) is 24.3 Å². The van der Waals surface area contributed by atoms with Crippen molar-refractivity contribution in [3.63, 3.8) is 0 Å². The molecule has 37 heavy (non-hydrogen) atoms. The second kappa shape index (κ2) is 12.3. The highest BCUT2D eigenvalue weighted by atomic mass is 16.5. The van der Waals surface area contributed by atoms with Crippen molar-refractivity contribution in [1.82, 2.24) is 14.9 Å². The van der Waals surface area contributed by atoms with Crippen LogP contribution in [-0.2, 0) is 13.0 Å². The van der Waals surface area contributed by atoms with Crippen LogP contribution in [-0.4, -0.2) is 42.8 Å². The summed E-state index contributed by atoms with van der Waals surface area (Å²) < 4.78 is 18.8. The molecule has 3 aromatic carbocycles. The van der Waals surface area contributed by atoms with Gasteiger partial charge in [-0.3, -0.25) is 4.79 Å². The first-order valence-corrected chi connectivity index (χ1v) is 12.6. The Hall–Kier alpha value is -4.00. The van der Waals surface area contributed by atoms with Gasteiger partial charge in [0.1, 0.15) is 11.6 Å². The molecule has 7 nitrogen and oxygen atoms in total. The van der Waals surface area contributed by atoms with E-state index >= 15 is 0 Å². The Balaban J connectivity index is 1.34. The van der Waals surface area contributed by atoms with Crippen molar-refractivity contribution in [1.29, 1.82) is 0 Å². The average Bonchev–Trinajstić information content (AvgIpc) is 3.26. The van der Waals surface area contributed by atoms with Crippen LogP contribution in [0, 0.1) is 13.8 Å². The number of methoxy groups -OCH3 is 2. The van der Waals surface area contributed by atoms with Gasteiger partial charge in [0.2, 0.25) is 0 Å². The van der Waals surface area contributed by atoms with Gasteiger partial charge < -0.3 is 24.1 Å². The number of unbranched alkanes of at least 4 members (excludes halogenated alkanes) is 1. The van der Waals surface area contributed by atoms with E-state index in [4.69, 9.17) is 19.2 Å². The van der Waals surface area contributed by atoms with Gasteiger partial charge in [0, 0.05) is 25.1 Å². The van der Waals surface area contributed by atoms with Crippen LogP contribution in [0.5, 0.6) is 17.2 Å². The molecule has 0 saturated carbocycles. The van der Waals surface area contributed by atoms with Gasteiger partial charge >= 0.3 is 0 Å². The lowest BCUT2D eigenvalue weighted by atomic mass is 10.1. The van der Waals surface area contributed by atoms with Gasteiger partial charge in [-0.2, -0.15) is 0 Å². The summed E-state index contributed by atoms with van der Waals surface area (Å²) in [6.07, 6.45) is 2.54. The molecule has 0 bridgehead atoms. The number of ether oxygens (including phenoxy) is 3. The summed E-state index contributed by atoms with van der Waals surface area (Å²) in [4.78, 5) is 17.6. The quantitative estimate of drug-likeness (QED) is 0.259. The Labute approximate surface area is 218 Å². The maximum atomic E-state index is 12.7. The Morgan fingerprint density at radius 1 is 0.919 bits per heavy atom. The SMILES string of the molecule is COc1ccc(C(=O)NCCc2nc3ccccc3n2CCCCOc2ccc(C)cc2C)cc1OC. The third-order valence-corrected chi connectivity index (χ3v) is 6.38. The minimum Gasteiger partial charge on any atom is -0.493 e. The number of imidazole rings is 1. The summed E-state index contributed by atoms with van der Waals surface area (Å²) in [6, 6.07) is 19.6. The predicted molar refractivity (Wildman–Crippen MR) is 146 cm³/mol. The summed E-state index contributed by atoms with van der Waals surface area (Å²) in [5.74, 6) is 2.87. The molecule has 1 amide bonds. The summed E-state index contributed by atoms with van der Waals surface area (Å²) >= 11 is 0. The van der Waals surface area contributed by atoms with Crippen molar-refractivity contribution in [2.24, 2.45) is 0 Å². The fourth-order valence-corrected chi connectivity index (χ4v) is 4.45. The lowest BCUT2D eigenvalue weighted by molar-refractivity contribution is 0.0953. The zero-order valence-corrected chi connectivity index (χ0v) is 22.0. The molecule has 0 radical (unpaired) electrons. The molecule has 1 N–H and O–H groups in total. The lowest BCUT2D eigenvalue weighted by Crippen LogP contribution is -2.26. The Morgan fingerprint density at radius 3 is 2.49 bits per heavy atom. The van der Waals surface area contributed by atoms with Crippen molar-refractivity contribution >= 4 is 16.9 Å². The number of carbonyl (C=O) groups is 1. The number of nitrogens with one attached hydrogen (secondary N) is 1. The minimum absolute atomic E-state index is 0.160. The average molecular weight is 502 g/mol. The molecule has 4 aromatic rings. The largest absolute Gasteiger partial charge is 0.493 e. The van der Waals surface area contributed by atoms with E-state index in [1.54, 1.807) is 32.4 Å². The third kappa shape index (κ3) is 6.42. The van der Waals surface area contributed by atoms with Gasteiger partial charge in [0.15, 0.2) is 11.5 Å². The van der Waals surface area contributed by atoms with Gasteiger partial charge in [-0.15, -0.1) is 0 Å². The van der Waals surface area contributed by atoms with Gasteiger partial charge in [0.05, 0.1) is 31.9 Å². The summed E-state index contributed by atoms with van der Waals surface area (Å²) in [5, 5.41) is 3.00. The molecule has 4 rings (SSSR count). The normalized spacial score (nSPS) is 10.9. The fraction of sp³-hybridized carbons (Fsp3) is 0.333. The van der Waals surface area contributed by atoms with Crippen LogP contribution in [0.2, 0.25) is 0 Å². The highest BCUT2D eigenvalue weighted by Gasteiger charge is 2.13. The summed E-state index contributed by atoms with van der Waals surface area (Å²) in [7, 11) is 3.13. The molecule has 0 atom stereocenters. The molecule has 0 aliphatic rings. The molecule has 0 spiro atoms. The van der Waals surface area contributed by atoms with Gasteiger partial charge in [-0.1, -0.05) is 29.8 Å². The summed E-state index contributed by atoms with van der Waals surface area (Å²) in [6.45, 7) is 6.16. The Morgan fingerprint density at radius 2 is 1.70 bits per heavy atom. The van der Waals surface area contributed by atoms with Crippen LogP contribution in [0.25, 0.3) is 11.0 Å². The third-order valence-electron chi connectivity index (χ3n) is 6.38. The molecule has 7 heteroatoms. The van der Waals surface area contributed by atoms with Crippen LogP contribution in [0.1, 0.15) is 40.2 Å². The molecular weight excluding hydrogens is 466 g/mol. The maximum Gasteiger partial charge on any atom is 0.251 e. The number of fused-ring (bicyclic) bond motifs is 1. The van der Waals surface area contributed by atoms with Crippen LogP contribution < -0.4 is 19.5 Å². The second-order valence-electron chi connectivity index (χ2n) is 9.07. The number of benzene rings is 3. The van der Waals surface area contributed by atoms with E-state index in [1.165, 1.54) is 5.56 Å². The molecule has 0 saturated heterocycles. The van der Waals surface area contributed by atoms with E-state index in [0.717, 1.165) is 47.6 Å². The molecule has 0 fully saturated rings. The number of carbonyl (C=O) groups excluding carboxylic acids is 1. The highest BCUT2D eigenvalue weighted by molar-refractivity contribution is 5.94. The molecule has 1 heterocycles. The first kappa shape index (κ1) is 26.1. The monoisotopic (exact) mass is 501 g/mol. The number of rotatable bonds is 12. The number of para-hydroxylation sites is 2. The molecular formula is C30H35N3O4. The molecule has 194 valence electrons. The highest BCUT2D eigenvalue weighted by Crippen LogP contribution is 2.27. The van der Waals surface area contributed by atoms with Gasteiger partial charge in [-0.05, 0) is 68.7 Å². The van der Waals surface area contributed by atoms with E-state index < -0.39 is 0 Å². The topological polar surface area (TPSA) is 74.6 Å². The zero-order chi connectivity index (χ0) is 26.2. The molecule has 1 aromatic heterocycles. The van der Waals surface area contributed by atoms with Crippen molar-refractivity contribution in [2.45, 2.75) is 39.7 Å². The van der Waals surface area contributed by atoms with Gasteiger partial charge in [-0.25, -0.2) is 4.98 Å². The first-order valence-electron chi connectivity index (χ1n) is 12.6. The number of amides is 1. The van der Waals surface area contributed by atoms with E-state index in [2.05, 4.69) is 41.9 Å². The van der Waals surface area contributed by atoms with Crippen molar-refractivity contribution < 1.29 is 19.0 Å². The number of aromatic nitrogens is 2. The van der Waals surface area contributed by atoms with Crippen LogP contribution in [0.15, 0.2) is 60.7 Å². The first-order chi connectivity index (χ1) is 18.0. The number of nitrogens with zero attached hydrogens (tertiary/aromatic N) is 2. The lowest BCUT2D eigenvalue weighted by Gasteiger charge is -2.12. The van der Waals surface area contributed by atoms with E-state index in [-0.39, 0.29) is 5.91 Å². The Bertz CT molecular complexity index is 1360. The van der Waals surface area contributed by atoms with Crippen LogP contribution >= 0.6 is 0 Å². The standard InChI is InChI=1S/C30H35N3O4/c1-21-11-13-26(22(2)19-21)37-18-8-7-17-33-25-10-6-5-9-24(25)32-29(33)15-16-31-30(34)23-12-14-27(35-3)28(20-23)36-4/h5-6,9-14,19-20H,7-8,15-18H2,1-4H3,(H,31,34). The maximum absolute atomic E-state index is 12.7. The summed E-state index contributed by atoms with van der Waals surface area (Å²) in [5.41, 5.74) is 5.01. The number of aryl methyl sites for hydroxylation is 3. The number of hydrogen-bond donors (Lipinski definition) is 1. The molecule has 0 aliphatic carbocycles. The Kier molecular flexibility index (Phi) is 8.67. The smallest absolute Gasteiger partial charge is 0.251 e. The predicted octanol–water partition coefficient (Wildman–Crippen LogP) is 5.50. The van der Waals surface area contributed by atoms with E-state index in [0.29, 0.717) is 36.6 Å². The van der Waals surface area contributed by atoms with Crippen molar-refractivity contribution in [2.75, 3.05) is 27.4 Å². The van der Waals surface area contributed by atoms with E-state index in [9.17, 15) is 4.79 Å². The zero-order valence-electron chi connectivity index (χ0n) is 22.0.